The SMILES string of the molecule is O=C(COC(=O)/C=C/c1ccc2c(c1)OCCO2)NC1CC1. The number of carbonyl (C=O) groups is 2. The molecule has 1 aliphatic carbocycles. The molecule has 22 heavy (non-hydrogen) atoms. The van der Waals surface area contributed by atoms with E-state index in [1.807, 2.05) is 6.07 Å². The molecule has 1 amide bonds. The zero-order valence-corrected chi connectivity index (χ0v) is 12.0. The lowest BCUT2D eigenvalue weighted by Gasteiger charge is -2.18. The number of esters is 1. The van der Waals surface area contributed by atoms with Gasteiger partial charge >= 0.3 is 5.97 Å². The Balaban J connectivity index is 1.49. The van der Waals surface area contributed by atoms with Crippen molar-refractivity contribution >= 4 is 18.0 Å². The molecule has 116 valence electrons. The summed E-state index contributed by atoms with van der Waals surface area (Å²) >= 11 is 0. The number of carbonyl (C=O) groups excluding carboxylic acids is 2. The highest BCUT2D eigenvalue weighted by molar-refractivity contribution is 5.89. The van der Waals surface area contributed by atoms with Crippen molar-refractivity contribution in [2.45, 2.75) is 18.9 Å². The van der Waals surface area contributed by atoms with E-state index < -0.39 is 5.97 Å². The number of fused-ring (bicyclic) bond motifs is 1. The molecule has 0 saturated heterocycles. The van der Waals surface area contributed by atoms with Crippen molar-refractivity contribution in [3.63, 3.8) is 0 Å². The van der Waals surface area contributed by atoms with Gasteiger partial charge in [0.1, 0.15) is 13.2 Å². The molecule has 1 fully saturated rings. The van der Waals surface area contributed by atoms with Crippen LogP contribution in [0.5, 0.6) is 11.5 Å². The number of ether oxygens (including phenoxy) is 3. The maximum absolute atomic E-state index is 11.6. The Morgan fingerprint density at radius 1 is 1.23 bits per heavy atom. The number of hydrogen-bond acceptors (Lipinski definition) is 5. The monoisotopic (exact) mass is 303 g/mol. The molecule has 1 N–H and O–H groups in total. The normalized spacial score (nSPS) is 16.4. The quantitative estimate of drug-likeness (QED) is 0.655. The average molecular weight is 303 g/mol. The van der Waals surface area contributed by atoms with E-state index in [4.69, 9.17) is 14.2 Å². The molecule has 1 saturated carbocycles. The fourth-order valence-corrected chi connectivity index (χ4v) is 2.01. The van der Waals surface area contributed by atoms with Gasteiger partial charge in [-0.15, -0.1) is 0 Å². The zero-order chi connectivity index (χ0) is 15.4. The first-order valence-electron chi connectivity index (χ1n) is 7.24. The van der Waals surface area contributed by atoms with Crippen LogP contribution < -0.4 is 14.8 Å². The van der Waals surface area contributed by atoms with Gasteiger partial charge in [-0.3, -0.25) is 4.79 Å². The molecule has 2 aliphatic rings. The van der Waals surface area contributed by atoms with Crippen LogP contribution in [0.2, 0.25) is 0 Å². The largest absolute Gasteiger partial charge is 0.486 e. The Kier molecular flexibility index (Phi) is 4.27. The molecule has 0 bridgehead atoms. The summed E-state index contributed by atoms with van der Waals surface area (Å²) in [7, 11) is 0. The minimum absolute atomic E-state index is 0.249. The van der Waals surface area contributed by atoms with Crippen LogP contribution in [0.3, 0.4) is 0 Å². The third-order valence-electron chi connectivity index (χ3n) is 3.27. The molecule has 6 nitrogen and oxygen atoms in total. The van der Waals surface area contributed by atoms with Gasteiger partial charge in [-0.2, -0.15) is 0 Å². The van der Waals surface area contributed by atoms with Crippen molar-refractivity contribution in [2.24, 2.45) is 0 Å². The van der Waals surface area contributed by atoms with Gasteiger partial charge in [0.25, 0.3) is 5.91 Å². The molecule has 1 aromatic carbocycles. The average Bonchev–Trinajstić information content (AvgIpc) is 3.34. The predicted octanol–water partition coefficient (Wildman–Crippen LogP) is 1.29. The lowest BCUT2D eigenvalue weighted by Crippen LogP contribution is -2.30. The maximum Gasteiger partial charge on any atom is 0.331 e. The van der Waals surface area contributed by atoms with E-state index in [2.05, 4.69) is 5.32 Å². The minimum atomic E-state index is -0.555. The molecule has 1 aromatic rings. The molecule has 0 aromatic heterocycles. The van der Waals surface area contributed by atoms with Crippen molar-refractivity contribution in [2.75, 3.05) is 19.8 Å². The first-order chi connectivity index (χ1) is 10.7. The highest BCUT2D eigenvalue weighted by atomic mass is 16.6. The van der Waals surface area contributed by atoms with Crippen molar-refractivity contribution in [1.29, 1.82) is 0 Å². The van der Waals surface area contributed by atoms with Crippen LogP contribution in [0.25, 0.3) is 6.08 Å². The Morgan fingerprint density at radius 3 is 2.77 bits per heavy atom. The number of benzene rings is 1. The Morgan fingerprint density at radius 2 is 2.00 bits per heavy atom. The van der Waals surface area contributed by atoms with Crippen LogP contribution in [0.15, 0.2) is 24.3 Å². The summed E-state index contributed by atoms with van der Waals surface area (Å²) in [5, 5.41) is 2.75. The van der Waals surface area contributed by atoms with Gasteiger partial charge in [0, 0.05) is 12.1 Å². The van der Waals surface area contributed by atoms with E-state index in [1.165, 1.54) is 6.08 Å². The van der Waals surface area contributed by atoms with Crippen LogP contribution in [0.4, 0.5) is 0 Å². The molecule has 1 heterocycles. The molecular weight excluding hydrogens is 286 g/mol. The van der Waals surface area contributed by atoms with E-state index in [9.17, 15) is 9.59 Å². The summed E-state index contributed by atoms with van der Waals surface area (Å²) in [4.78, 5) is 23.0. The summed E-state index contributed by atoms with van der Waals surface area (Å²) in [5.74, 6) is 0.540. The summed E-state index contributed by atoms with van der Waals surface area (Å²) in [6.07, 6.45) is 4.91. The molecule has 0 unspecified atom stereocenters. The molecular formula is C16H17NO5. The number of hydrogen-bond donors (Lipinski definition) is 1. The van der Waals surface area contributed by atoms with Crippen molar-refractivity contribution in [1.82, 2.24) is 5.32 Å². The zero-order valence-electron chi connectivity index (χ0n) is 12.0. The van der Waals surface area contributed by atoms with Crippen molar-refractivity contribution in [3.8, 4) is 11.5 Å². The van der Waals surface area contributed by atoms with E-state index in [-0.39, 0.29) is 18.6 Å². The van der Waals surface area contributed by atoms with Crippen LogP contribution >= 0.6 is 0 Å². The van der Waals surface area contributed by atoms with E-state index in [1.54, 1.807) is 18.2 Å². The minimum Gasteiger partial charge on any atom is -0.486 e. The van der Waals surface area contributed by atoms with Gasteiger partial charge in [-0.25, -0.2) is 4.79 Å². The van der Waals surface area contributed by atoms with E-state index in [0.717, 1.165) is 18.4 Å². The topological polar surface area (TPSA) is 73.9 Å². The maximum atomic E-state index is 11.6. The molecule has 1 aliphatic heterocycles. The third-order valence-corrected chi connectivity index (χ3v) is 3.27. The number of nitrogens with one attached hydrogen (secondary N) is 1. The third kappa shape index (κ3) is 4.00. The standard InChI is InChI=1S/C16H17NO5/c18-15(17-12-3-4-12)10-22-16(19)6-2-11-1-5-13-14(9-11)21-8-7-20-13/h1-2,5-6,9,12H,3-4,7-8,10H2,(H,17,18)/b6-2+. The summed E-state index contributed by atoms with van der Waals surface area (Å²) in [6, 6.07) is 5.66. The first kappa shape index (κ1) is 14.4. The fourth-order valence-electron chi connectivity index (χ4n) is 2.01. The van der Waals surface area contributed by atoms with Gasteiger partial charge < -0.3 is 19.5 Å². The van der Waals surface area contributed by atoms with Crippen LogP contribution in [-0.2, 0) is 14.3 Å². The summed E-state index contributed by atoms with van der Waals surface area (Å²) in [6.45, 7) is 0.802. The van der Waals surface area contributed by atoms with Gasteiger partial charge in [-0.1, -0.05) is 6.07 Å². The lowest BCUT2D eigenvalue weighted by atomic mass is 10.2. The molecule has 0 radical (unpaired) electrons. The summed E-state index contributed by atoms with van der Waals surface area (Å²) in [5.41, 5.74) is 0.795. The van der Waals surface area contributed by atoms with Gasteiger partial charge in [0.2, 0.25) is 0 Å². The second kappa shape index (κ2) is 6.51. The molecule has 3 rings (SSSR count). The highest BCUT2D eigenvalue weighted by Gasteiger charge is 2.23. The van der Waals surface area contributed by atoms with E-state index >= 15 is 0 Å². The van der Waals surface area contributed by atoms with Crippen LogP contribution in [0.1, 0.15) is 18.4 Å². The highest BCUT2D eigenvalue weighted by Crippen LogP contribution is 2.31. The number of amides is 1. The van der Waals surface area contributed by atoms with Gasteiger partial charge in [-0.05, 0) is 36.6 Å². The van der Waals surface area contributed by atoms with Crippen LogP contribution in [-0.4, -0.2) is 37.7 Å². The number of rotatable bonds is 5. The van der Waals surface area contributed by atoms with Crippen LogP contribution in [0, 0.1) is 0 Å². The smallest absolute Gasteiger partial charge is 0.331 e. The van der Waals surface area contributed by atoms with Gasteiger partial charge in [0.15, 0.2) is 18.1 Å². The Hall–Kier alpha value is -2.50. The first-order valence-corrected chi connectivity index (χ1v) is 7.24. The molecule has 0 spiro atoms. The van der Waals surface area contributed by atoms with E-state index in [0.29, 0.717) is 24.7 Å². The molecule has 0 atom stereocenters. The predicted molar refractivity (Wildman–Crippen MR) is 78.6 cm³/mol. The Bertz CT molecular complexity index is 607. The second-order valence-corrected chi connectivity index (χ2v) is 5.19. The van der Waals surface area contributed by atoms with Gasteiger partial charge in [0.05, 0.1) is 0 Å². The van der Waals surface area contributed by atoms with Crippen molar-refractivity contribution in [3.05, 3.63) is 29.8 Å². The lowest BCUT2D eigenvalue weighted by molar-refractivity contribution is -0.143. The second-order valence-electron chi connectivity index (χ2n) is 5.19. The Labute approximate surface area is 128 Å². The summed E-state index contributed by atoms with van der Waals surface area (Å²) < 4.78 is 15.8. The van der Waals surface area contributed by atoms with Crippen molar-refractivity contribution < 1.29 is 23.8 Å². The molecule has 6 heteroatoms. The fraction of sp³-hybridized carbons (Fsp3) is 0.375.